The second-order valence-electron chi connectivity index (χ2n) is 10.7. The van der Waals surface area contributed by atoms with Crippen LogP contribution in [0.1, 0.15) is 117 Å². The molecule has 0 bridgehead atoms. The first-order valence-corrected chi connectivity index (χ1v) is 15.4. The molecule has 210 valence electrons. The number of rotatable bonds is 25. The van der Waals surface area contributed by atoms with E-state index < -0.39 is 14.7 Å². The average molecular weight is 522 g/mol. The van der Waals surface area contributed by atoms with E-state index in [-0.39, 0.29) is 12.7 Å². The summed E-state index contributed by atoms with van der Waals surface area (Å²) in [4.78, 5) is 21.9. The summed E-state index contributed by atoms with van der Waals surface area (Å²) in [6, 6.07) is 0. The molecule has 0 radical (unpaired) electrons. The normalized spacial score (nSPS) is 13.5. The van der Waals surface area contributed by atoms with E-state index in [2.05, 4.69) is 33.4 Å². The Hall–Kier alpha value is -0.460. The molecule has 0 aliphatic heterocycles. The van der Waals surface area contributed by atoms with Crippen molar-refractivity contribution in [2.24, 2.45) is 0 Å². The molecule has 0 saturated carbocycles. The first-order valence-electron chi connectivity index (χ1n) is 14.3. The van der Waals surface area contributed by atoms with Gasteiger partial charge in [-0.2, -0.15) is 0 Å². The summed E-state index contributed by atoms with van der Waals surface area (Å²) in [6.07, 6.45) is 19.7. The third-order valence-corrected chi connectivity index (χ3v) is 6.83. The predicted molar refractivity (Wildman–Crippen MR) is 147 cm³/mol. The summed E-state index contributed by atoms with van der Waals surface area (Å²) in [6.45, 7) is 6.01. The maximum absolute atomic E-state index is 11.9. The molecule has 2 atom stereocenters. The Morgan fingerprint density at radius 1 is 0.800 bits per heavy atom. The van der Waals surface area contributed by atoms with Crippen LogP contribution in [0, 0.1) is 0 Å². The van der Waals surface area contributed by atoms with E-state index in [4.69, 9.17) is 13.8 Å². The number of likely N-dealkylation sites (N-methyl/N-ethyl adjacent to an activating group) is 1. The summed E-state index contributed by atoms with van der Waals surface area (Å²) < 4.78 is 17.1. The van der Waals surface area contributed by atoms with Crippen molar-refractivity contribution >= 4 is 14.7 Å². The van der Waals surface area contributed by atoms with Crippen LogP contribution in [0.5, 0.6) is 0 Å². The Labute approximate surface area is 218 Å². The van der Waals surface area contributed by atoms with Gasteiger partial charge in [-0.05, 0) is 19.8 Å². The van der Waals surface area contributed by atoms with Gasteiger partial charge in [-0.1, -0.05) is 96.8 Å². The zero-order valence-electron chi connectivity index (χ0n) is 23.7. The van der Waals surface area contributed by atoms with Gasteiger partial charge < -0.3 is 28.5 Å². The molecule has 35 heavy (non-hydrogen) atoms. The van der Waals surface area contributed by atoms with Crippen molar-refractivity contribution in [2.45, 2.75) is 123 Å². The minimum absolute atomic E-state index is 0.155. The maximum Gasteiger partial charge on any atom is 0.407 e. The van der Waals surface area contributed by atoms with Gasteiger partial charge in [-0.3, -0.25) is 0 Å². The highest BCUT2D eigenvalue weighted by Crippen LogP contribution is 2.33. The van der Waals surface area contributed by atoms with E-state index in [1.807, 2.05) is 6.92 Å². The molecule has 0 spiro atoms. The number of nitrogens with zero attached hydrogens (tertiary/aromatic N) is 1. The van der Waals surface area contributed by atoms with Crippen LogP contribution in [0.3, 0.4) is 0 Å². The second kappa shape index (κ2) is 23.9. The summed E-state index contributed by atoms with van der Waals surface area (Å²) in [5, 5.41) is 2.66. The number of carbonyl (C=O) groups excluding carboxylic acids is 1. The number of ether oxygens (including phenoxy) is 1. The van der Waals surface area contributed by atoms with E-state index in [9.17, 15) is 9.69 Å². The Balaban J connectivity index is 3.85. The highest BCUT2D eigenvalue weighted by Gasteiger charge is 2.18. The lowest BCUT2D eigenvalue weighted by Gasteiger charge is -2.24. The van der Waals surface area contributed by atoms with E-state index in [1.165, 1.54) is 83.5 Å². The molecule has 8 heteroatoms. The van der Waals surface area contributed by atoms with Crippen molar-refractivity contribution in [1.29, 1.82) is 0 Å². The van der Waals surface area contributed by atoms with Crippen molar-refractivity contribution in [3.63, 3.8) is 0 Å². The van der Waals surface area contributed by atoms with Gasteiger partial charge in [0.25, 0.3) is 0 Å². The number of amides is 1. The van der Waals surface area contributed by atoms with Crippen LogP contribution >= 0.6 is 8.60 Å². The third kappa shape index (κ3) is 26.4. The van der Waals surface area contributed by atoms with Crippen molar-refractivity contribution in [1.82, 2.24) is 5.32 Å². The Morgan fingerprint density at radius 3 is 1.74 bits per heavy atom. The molecule has 0 heterocycles. The van der Waals surface area contributed by atoms with Gasteiger partial charge in [0.2, 0.25) is 0 Å². The molecule has 0 aromatic carbocycles. The van der Waals surface area contributed by atoms with E-state index in [1.54, 1.807) is 0 Å². The lowest BCUT2D eigenvalue weighted by atomic mass is 10.0. The standard InChI is InChI=1S/C27H57N2O5P/c1-6-8-9-10-11-12-13-14-15-16-17-18-19-20-21-22-26(34-27(30)28-7-2)25-33-35(31)32-24-23-29(3,4)5/h26,31H,6-25H2,1-5H3/p+1. The largest absolute Gasteiger partial charge is 0.444 e. The number of unbranched alkanes of at least 4 members (excludes halogenated alkanes) is 14. The van der Waals surface area contributed by atoms with E-state index in [0.29, 0.717) is 13.2 Å². The first kappa shape index (κ1) is 34.5. The molecule has 0 fully saturated rings. The first-order chi connectivity index (χ1) is 16.8. The van der Waals surface area contributed by atoms with Gasteiger partial charge in [0.15, 0.2) is 0 Å². The van der Waals surface area contributed by atoms with Gasteiger partial charge in [0.1, 0.15) is 19.3 Å². The van der Waals surface area contributed by atoms with Crippen LogP contribution in [0.2, 0.25) is 0 Å². The summed E-state index contributed by atoms with van der Waals surface area (Å²) in [5.41, 5.74) is 0. The lowest BCUT2D eigenvalue weighted by molar-refractivity contribution is -0.870. The summed E-state index contributed by atoms with van der Waals surface area (Å²) in [7, 11) is 4.24. The molecule has 0 aromatic heterocycles. The zero-order chi connectivity index (χ0) is 26.2. The minimum atomic E-state index is -1.96. The topological polar surface area (TPSA) is 77.0 Å². The monoisotopic (exact) mass is 521 g/mol. The molecule has 0 rings (SSSR count). The van der Waals surface area contributed by atoms with Crippen LogP contribution < -0.4 is 5.32 Å². The Kier molecular flexibility index (Phi) is 23.6. The summed E-state index contributed by atoms with van der Waals surface area (Å²) in [5.74, 6) is 0. The van der Waals surface area contributed by atoms with Gasteiger partial charge >= 0.3 is 14.7 Å². The fourth-order valence-electron chi connectivity index (χ4n) is 3.83. The number of hydrogen-bond donors (Lipinski definition) is 2. The molecular formula is C27H58N2O5P+. The smallest absolute Gasteiger partial charge is 0.407 e. The van der Waals surface area contributed by atoms with E-state index in [0.717, 1.165) is 30.3 Å². The zero-order valence-corrected chi connectivity index (χ0v) is 24.6. The number of hydrogen-bond acceptors (Lipinski definition) is 5. The van der Waals surface area contributed by atoms with Crippen LogP contribution in [0.15, 0.2) is 0 Å². The van der Waals surface area contributed by atoms with E-state index >= 15 is 0 Å². The third-order valence-electron chi connectivity index (χ3n) is 6.06. The predicted octanol–water partition coefficient (Wildman–Crippen LogP) is 7.32. The van der Waals surface area contributed by atoms with Crippen molar-refractivity contribution in [3.8, 4) is 0 Å². The molecule has 0 aromatic rings. The molecule has 0 aliphatic rings. The highest BCUT2D eigenvalue weighted by atomic mass is 31.2. The van der Waals surface area contributed by atoms with Crippen molar-refractivity contribution < 1.29 is 28.0 Å². The number of quaternary nitrogens is 1. The number of alkyl carbamates (subject to hydrolysis) is 1. The fourth-order valence-corrected chi connectivity index (χ4v) is 4.44. The highest BCUT2D eigenvalue weighted by molar-refractivity contribution is 7.40. The number of nitrogens with one attached hydrogen (secondary N) is 1. The van der Waals surface area contributed by atoms with Crippen LogP contribution in [-0.4, -0.2) is 69.0 Å². The molecule has 0 aliphatic carbocycles. The Bertz CT molecular complexity index is 477. The fraction of sp³-hybridized carbons (Fsp3) is 0.963. The maximum atomic E-state index is 11.9. The number of carbonyl (C=O) groups is 1. The van der Waals surface area contributed by atoms with Crippen molar-refractivity contribution in [2.75, 3.05) is 47.4 Å². The van der Waals surface area contributed by atoms with Gasteiger partial charge in [0, 0.05) is 6.54 Å². The molecule has 2 N–H and O–H groups in total. The van der Waals surface area contributed by atoms with Crippen LogP contribution in [0.4, 0.5) is 4.79 Å². The lowest BCUT2D eigenvalue weighted by Crippen LogP contribution is -2.37. The van der Waals surface area contributed by atoms with Crippen LogP contribution in [0.25, 0.3) is 0 Å². The summed E-state index contributed by atoms with van der Waals surface area (Å²) >= 11 is 0. The molecule has 1 amide bonds. The molecular weight excluding hydrogens is 463 g/mol. The molecule has 2 unspecified atom stereocenters. The molecule has 0 saturated heterocycles. The molecule has 7 nitrogen and oxygen atoms in total. The average Bonchev–Trinajstić information content (AvgIpc) is 2.79. The van der Waals surface area contributed by atoms with Crippen molar-refractivity contribution in [3.05, 3.63) is 0 Å². The van der Waals surface area contributed by atoms with Gasteiger partial charge in [-0.25, -0.2) is 4.79 Å². The van der Waals surface area contributed by atoms with Crippen LogP contribution in [-0.2, 0) is 13.8 Å². The second-order valence-corrected chi connectivity index (χ2v) is 11.7. The SMILES string of the molecule is CCCCCCCCCCCCCCCCCC(COP(O)OCC[N+](C)(C)C)OC(=O)NCC. The van der Waals surface area contributed by atoms with Gasteiger partial charge in [-0.15, -0.1) is 0 Å². The Morgan fingerprint density at radius 2 is 1.29 bits per heavy atom. The quantitative estimate of drug-likeness (QED) is 0.0748. The minimum Gasteiger partial charge on any atom is -0.444 e. The van der Waals surface area contributed by atoms with Gasteiger partial charge in [0.05, 0.1) is 27.7 Å².